The molecule has 16 heavy (non-hydrogen) atoms. The monoisotopic (exact) mass is 287 g/mol. The van der Waals surface area contributed by atoms with Crippen molar-refractivity contribution in [1.29, 1.82) is 0 Å². The molecule has 90 valence electrons. The van der Waals surface area contributed by atoms with Crippen LogP contribution in [0.1, 0.15) is 12.8 Å². The highest BCUT2D eigenvalue weighted by Crippen LogP contribution is 2.27. The van der Waals surface area contributed by atoms with E-state index in [0.717, 1.165) is 41.9 Å². The van der Waals surface area contributed by atoms with Crippen LogP contribution in [0.2, 0.25) is 0 Å². The predicted octanol–water partition coefficient (Wildman–Crippen LogP) is 3.30. The smallest absolute Gasteiger partial charge is 0.135 e. The molecule has 0 aliphatic carbocycles. The topological polar surface area (TPSA) is 30.5 Å². The first-order valence-corrected chi connectivity index (χ1v) is 6.13. The summed E-state index contributed by atoms with van der Waals surface area (Å²) in [7, 11) is 3.40. The van der Waals surface area contributed by atoms with Gasteiger partial charge in [0.15, 0.2) is 0 Å². The maximum atomic E-state index is 5.22. The van der Waals surface area contributed by atoms with E-state index >= 15 is 0 Å². The molecule has 0 atom stereocenters. The molecule has 0 bridgehead atoms. The first-order chi connectivity index (χ1) is 7.77. The summed E-state index contributed by atoms with van der Waals surface area (Å²) in [6.45, 7) is 1.78. The minimum atomic E-state index is 0.825. The quantitative estimate of drug-likeness (QED) is 0.781. The zero-order chi connectivity index (χ0) is 11.8. The van der Waals surface area contributed by atoms with Gasteiger partial charge in [-0.15, -0.1) is 0 Å². The van der Waals surface area contributed by atoms with Gasteiger partial charge in [0.05, 0.1) is 11.6 Å². The zero-order valence-corrected chi connectivity index (χ0v) is 11.3. The Kier molecular flexibility index (Phi) is 6.26. The van der Waals surface area contributed by atoms with E-state index in [1.54, 1.807) is 14.2 Å². The summed E-state index contributed by atoms with van der Waals surface area (Å²) in [5.41, 5.74) is 1.08. The lowest BCUT2D eigenvalue weighted by Gasteiger charge is -2.09. The Labute approximate surface area is 105 Å². The third-order valence-electron chi connectivity index (χ3n) is 2.26. The van der Waals surface area contributed by atoms with Crippen molar-refractivity contribution >= 4 is 21.6 Å². The Balaban J connectivity index is 2.36. The van der Waals surface area contributed by atoms with Crippen LogP contribution in [0.3, 0.4) is 0 Å². The molecule has 3 nitrogen and oxygen atoms in total. The molecule has 4 heteroatoms. The minimum Gasteiger partial charge on any atom is -0.495 e. The Morgan fingerprint density at radius 3 is 2.75 bits per heavy atom. The Hall–Kier alpha value is -0.740. The lowest BCUT2D eigenvalue weighted by molar-refractivity contribution is 0.194. The van der Waals surface area contributed by atoms with E-state index in [1.807, 2.05) is 18.2 Å². The minimum absolute atomic E-state index is 0.825. The van der Waals surface area contributed by atoms with Gasteiger partial charge in [0.25, 0.3) is 0 Å². The number of ether oxygens (including phenoxy) is 2. The van der Waals surface area contributed by atoms with E-state index in [-0.39, 0.29) is 0 Å². The van der Waals surface area contributed by atoms with E-state index in [1.165, 1.54) is 0 Å². The van der Waals surface area contributed by atoms with Gasteiger partial charge in [-0.05, 0) is 40.9 Å². The number of hydrogen-bond donors (Lipinski definition) is 1. The normalized spacial score (nSPS) is 10.2. The van der Waals surface area contributed by atoms with Gasteiger partial charge >= 0.3 is 0 Å². The van der Waals surface area contributed by atoms with Crippen molar-refractivity contribution in [3.05, 3.63) is 22.7 Å². The average Bonchev–Trinajstić information content (AvgIpc) is 2.31. The molecule has 0 aliphatic heterocycles. The van der Waals surface area contributed by atoms with Crippen molar-refractivity contribution in [3.8, 4) is 5.75 Å². The summed E-state index contributed by atoms with van der Waals surface area (Å²) in [6.07, 6.45) is 2.18. The third kappa shape index (κ3) is 4.41. The molecular formula is C12H18BrNO2. The number of hydrogen-bond acceptors (Lipinski definition) is 3. The third-order valence-corrected chi connectivity index (χ3v) is 2.91. The summed E-state index contributed by atoms with van der Waals surface area (Å²) >= 11 is 3.42. The molecular weight excluding hydrogens is 270 g/mol. The van der Waals surface area contributed by atoms with Crippen LogP contribution in [-0.2, 0) is 4.74 Å². The molecule has 0 heterocycles. The zero-order valence-electron chi connectivity index (χ0n) is 9.75. The number of benzene rings is 1. The second-order valence-electron chi connectivity index (χ2n) is 3.48. The predicted molar refractivity (Wildman–Crippen MR) is 70.3 cm³/mol. The van der Waals surface area contributed by atoms with Crippen molar-refractivity contribution in [2.45, 2.75) is 12.8 Å². The van der Waals surface area contributed by atoms with E-state index < -0.39 is 0 Å². The molecule has 0 unspecified atom stereocenters. The highest BCUT2D eigenvalue weighted by molar-refractivity contribution is 9.10. The summed E-state index contributed by atoms with van der Waals surface area (Å²) in [5.74, 6) is 0.849. The molecule has 0 aromatic heterocycles. The molecule has 0 spiro atoms. The Morgan fingerprint density at radius 1 is 1.25 bits per heavy atom. The van der Waals surface area contributed by atoms with Crippen molar-refractivity contribution in [1.82, 2.24) is 0 Å². The average molecular weight is 288 g/mol. The van der Waals surface area contributed by atoms with Gasteiger partial charge in [0.1, 0.15) is 5.75 Å². The molecule has 1 rings (SSSR count). The van der Waals surface area contributed by atoms with Crippen LogP contribution in [0.4, 0.5) is 5.69 Å². The number of rotatable bonds is 7. The largest absolute Gasteiger partial charge is 0.495 e. The van der Waals surface area contributed by atoms with Crippen LogP contribution in [0.5, 0.6) is 5.75 Å². The molecule has 0 amide bonds. The fraction of sp³-hybridized carbons (Fsp3) is 0.500. The molecule has 0 saturated heterocycles. The fourth-order valence-electron chi connectivity index (χ4n) is 1.37. The van der Waals surface area contributed by atoms with Crippen molar-refractivity contribution in [2.75, 3.05) is 32.7 Å². The van der Waals surface area contributed by atoms with Gasteiger partial charge in [-0.25, -0.2) is 0 Å². The first-order valence-electron chi connectivity index (χ1n) is 5.34. The van der Waals surface area contributed by atoms with E-state index in [0.29, 0.717) is 0 Å². The summed E-state index contributed by atoms with van der Waals surface area (Å²) in [6, 6.07) is 6.00. The standard InChI is InChI=1S/C12H18BrNO2/c1-15-8-4-3-7-14-10-5-6-11(13)12(9-10)16-2/h5-6,9,14H,3-4,7-8H2,1-2H3. The van der Waals surface area contributed by atoms with Gasteiger partial charge in [-0.3, -0.25) is 0 Å². The molecule has 0 fully saturated rings. The van der Waals surface area contributed by atoms with Crippen LogP contribution in [0.15, 0.2) is 22.7 Å². The number of unbranched alkanes of at least 4 members (excludes halogenated alkanes) is 1. The highest BCUT2D eigenvalue weighted by Gasteiger charge is 2.00. The van der Waals surface area contributed by atoms with Crippen LogP contribution >= 0.6 is 15.9 Å². The summed E-state index contributed by atoms with van der Waals surface area (Å²) in [5, 5.41) is 3.35. The number of nitrogens with one attached hydrogen (secondary N) is 1. The van der Waals surface area contributed by atoms with Gasteiger partial charge in [0.2, 0.25) is 0 Å². The highest BCUT2D eigenvalue weighted by atomic mass is 79.9. The summed E-state index contributed by atoms with van der Waals surface area (Å²) in [4.78, 5) is 0. The number of anilines is 1. The molecule has 1 aromatic carbocycles. The molecule has 0 radical (unpaired) electrons. The van der Waals surface area contributed by atoms with Crippen LogP contribution in [0.25, 0.3) is 0 Å². The van der Waals surface area contributed by atoms with Crippen LogP contribution in [-0.4, -0.2) is 27.4 Å². The second-order valence-corrected chi connectivity index (χ2v) is 4.33. The lowest BCUT2D eigenvalue weighted by Crippen LogP contribution is -2.03. The van der Waals surface area contributed by atoms with Crippen molar-refractivity contribution in [3.63, 3.8) is 0 Å². The maximum Gasteiger partial charge on any atom is 0.135 e. The van der Waals surface area contributed by atoms with Gasteiger partial charge in [0, 0.05) is 32.0 Å². The second kappa shape index (κ2) is 7.52. The molecule has 0 saturated carbocycles. The van der Waals surface area contributed by atoms with E-state index in [2.05, 4.69) is 21.2 Å². The number of halogens is 1. The maximum absolute atomic E-state index is 5.22. The Morgan fingerprint density at radius 2 is 2.06 bits per heavy atom. The summed E-state index contributed by atoms with van der Waals surface area (Å²) < 4.78 is 11.2. The van der Waals surface area contributed by atoms with Gasteiger partial charge in [-0.1, -0.05) is 0 Å². The fourth-order valence-corrected chi connectivity index (χ4v) is 1.78. The number of methoxy groups -OCH3 is 2. The van der Waals surface area contributed by atoms with Crippen molar-refractivity contribution in [2.24, 2.45) is 0 Å². The molecule has 0 aliphatic rings. The molecule has 1 aromatic rings. The Bertz CT molecular complexity index is 318. The first kappa shape index (κ1) is 13.3. The van der Waals surface area contributed by atoms with Gasteiger partial charge in [-0.2, -0.15) is 0 Å². The van der Waals surface area contributed by atoms with E-state index in [4.69, 9.17) is 9.47 Å². The van der Waals surface area contributed by atoms with Gasteiger partial charge < -0.3 is 14.8 Å². The molecule has 1 N–H and O–H groups in total. The van der Waals surface area contributed by atoms with Crippen LogP contribution < -0.4 is 10.1 Å². The lowest BCUT2D eigenvalue weighted by atomic mass is 10.2. The van der Waals surface area contributed by atoms with E-state index in [9.17, 15) is 0 Å². The van der Waals surface area contributed by atoms with Crippen LogP contribution in [0, 0.1) is 0 Å². The SMILES string of the molecule is COCCCCNc1ccc(Br)c(OC)c1. The van der Waals surface area contributed by atoms with Crippen molar-refractivity contribution < 1.29 is 9.47 Å².